The van der Waals surface area contributed by atoms with Crippen LogP contribution >= 0.6 is 0 Å². The number of carbonyl (C=O) groups excluding carboxylic acids is 1. The molecule has 80 valence electrons. The van der Waals surface area contributed by atoms with E-state index in [1.165, 1.54) is 38.4 Å². The van der Waals surface area contributed by atoms with E-state index < -0.39 is 0 Å². The second-order valence-corrected chi connectivity index (χ2v) is 5.64. The van der Waals surface area contributed by atoms with E-state index in [9.17, 15) is 4.79 Å². The summed E-state index contributed by atoms with van der Waals surface area (Å²) in [6.07, 6.45) is 8.97. The van der Waals surface area contributed by atoms with E-state index in [0.717, 1.165) is 18.3 Å². The first kappa shape index (κ1) is 10.2. The SMILES string of the molecule is CC1CCC2(CC1)[C@H](C)CC[C@H]2C=O. The molecule has 2 aliphatic rings. The molecule has 0 saturated heterocycles. The number of carbonyl (C=O) groups is 1. The highest BCUT2D eigenvalue weighted by molar-refractivity contribution is 5.56. The Hall–Kier alpha value is -0.330. The van der Waals surface area contributed by atoms with E-state index in [1.807, 2.05) is 0 Å². The van der Waals surface area contributed by atoms with Gasteiger partial charge in [0, 0.05) is 5.92 Å². The average molecular weight is 194 g/mol. The standard InChI is InChI=1S/C13H22O/c1-10-5-7-13(8-6-10)11(2)3-4-12(13)9-14/h9-12H,3-8H2,1-2H3/t10?,11-,12+,13?/m1/s1. The smallest absolute Gasteiger partial charge is 0.123 e. The summed E-state index contributed by atoms with van der Waals surface area (Å²) in [5.74, 6) is 2.05. The average Bonchev–Trinajstić information content (AvgIpc) is 2.49. The summed E-state index contributed by atoms with van der Waals surface area (Å²) in [6.45, 7) is 4.71. The predicted molar refractivity (Wildman–Crippen MR) is 58.0 cm³/mol. The van der Waals surface area contributed by atoms with Crippen molar-refractivity contribution >= 4 is 6.29 Å². The van der Waals surface area contributed by atoms with Gasteiger partial charge in [0.25, 0.3) is 0 Å². The first-order valence-electron chi connectivity index (χ1n) is 6.14. The Bertz CT molecular complexity index is 213. The summed E-state index contributed by atoms with van der Waals surface area (Å²) in [4.78, 5) is 11.1. The van der Waals surface area contributed by atoms with Crippen molar-refractivity contribution < 1.29 is 4.79 Å². The van der Waals surface area contributed by atoms with E-state index in [1.54, 1.807) is 0 Å². The Kier molecular flexibility index (Phi) is 2.68. The van der Waals surface area contributed by atoms with E-state index in [4.69, 9.17) is 0 Å². The maximum absolute atomic E-state index is 11.1. The fraction of sp³-hybridized carbons (Fsp3) is 0.923. The van der Waals surface area contributed by atoms with Gasteiger partial charge >= 0.3 is 0 Å². The molecule has 2 aliphatic carbocycles. The molecule has 2 rings (SSSR count). The van der Waals surface area contributed by atoms with Crippen molar-refractivity contribution in [2.45, 2.75) is 52.4 Å². The second-order valence-electron chi connectivity index (χ2n) is 5.64. The quantitative estimate of drug-likeness (QED) is 0.584. The van der Waals surface area contributed by atoms with Crippen LogP contribution in [0.3, 0.4) is 0 Å². The Morgan fingerprint density at radius 1 is 1.07 bits per heavy atom. The maximum atomic E-state index is 11.1. The normalized spacial score (nSPS) is 48.3. The van der Waals surface area contributed by atoms with Crippen molar-refractivity contribution in [2.75, 3.05) is 0 Å². The highest BCUT2D eigenvalue weighted by Gasteiger charge is 2.48. The summed E-state index contributed by atoms with van der Waals surface area (Å²) in [5, 5.41) is 0. The van der Waals surface area contributed by atoms with Crippen molar-refractivity contribution in [3.8, 4) is 0 Å². The predicted octanol–water partition coefficient (Wildman–Crippen LogP) is 3.43. The molecule has 2 fully saturated rings. The molecule has 0 aliphatic heterocycles. The van der Waals surface area contributed by atoms with Gasteiger partial charge in [-0.15, -0.1) is 0 Å². The van der Waals surface area contributed by atoms with Crippen molar-refractivity contribution in [3.05, 3.63) is 0 Å². The van der Waals surface area contributed by atoms with Crippen molar-refractivity contribution in [1.82, 2.24) is 0 Å². The van der Waals surface area contributed by atoms with Gasteiger partial charge in [-0.1, -0.05) is 26.7 Å². The lowest BCUT2D eigenvalue weighted by Gasteiger charge is -2.42. The van der Waals surface area contributed by atoms with Crippen LogP contribution < -0.4 is 0 Å². The Morgan fingerprint density at radius 2 is 1.71 bits per heavy atom. The third kappa shape index (κ3) is 1.41. The molecule has 0 amide bonds. The monoisotopic (exact) mass is 194 g/mol. The van der Waals surface area contributed by atoms with Crippen LogP contribution in [0.2, 0.25) is 0 Å². The van der Waals surface area contributed by atoms with E-state index in [0.29, 0.717) is 11.3 Å². The highest BCUT2D eigenvalue weighted by atomic mass is 16.1. The van der Waals surface area contributed by atoms with Crippen LogP contribution in [0.1, 0.15) is 52.4 Å². The molecule has 2 saturated carbocycles. The van der Waals surface area contributed by atoms with Crippen LogP contribution in [0.4, 0.5) is 0 Å². The lowest BCUT2D eigenvalue weighted by atomic mass is 9.62. The van der Waals surface area contributed by atoms with E-state index in [-0.39, 0.29) is 0 Å². The van der Waals surface area contributed by atoms with Gasteiger partial charge in [0.1, 0.15) is 6.29 Å². The van der Waals surface area contributed by atoms with Crippen LogP contribution in [-0.4, -0.2) is 6.29 Å². The molecule has 1 heteroatoms. The van der Waals surface area contributed by atoms with Crippen LogP contribution in [0.5, 0.6) is 0 Å². The van der Waals surface area contributed by atoms with Gasteiger partial charge < -0.3 is 4.79 Å². The number of hydrogen-bond donors (Lipinski definition) is 0. The summed E-state index contributed by atoms with van der Waals surface area (Å²) in [7, 11) is 0. The fourth-order valence-electron chi connectivity index (χ4n) is 3.74. The summed E-state index contributed by atoms with van der Waals surface area (Å²) in [5.41, 5.74) is 0.411. The number of hydrogen-bond acceptors (Lipinski definition) is 1. The first-order valence-corrected chi connectivity index (χ1v) is 6.14. The maximum Gasteiger partial charge on any atom is 0.123 e. The fourth-order valence-corrected chi connectivity index (χ4v) is 3.74. The van der Waals surface area contributed by atoms with Gasteiger partial charge in [-0.05, 0) is 42.9 Å². The van der Waals surface area contributed by atoms with Gasteiger partial charge in [0.2, 0.25) is 0 Å². The zero-order valence-corrected chi connectivity index (χ0v) is 9.46. The molecule has 0 aromatic rings. The van der Waals surface area contributed by atoms with Crippen molar-refractivity contribution in [1.29, 1.82) is 0 Å². The highest BCUT2D eigenvalue weighted by Crippen LogP contribution is 2.56. The molecule has 0 heterocycles. The summed E-state index contributed by atoms with van der Waals surface area (Å²) >= 11 is 0. The summed E-state index contributed by atoms with van der Waals surface area (Å²) in [6, 6.07) is 0. The second kappa shape index (κ2) is 3.67. The Labute approximate surface area is 87.3 Å². The van der Waals surface area contributed by atoms with Crippen LogP contribution in [0, 0.1) is 23.2 Å². The lowest BCUT2D eigenvalue weighted by Crippen LogP contribution is -2.35. The minimum Gasteiger partial charge on any atom is -0.303 e. The molecular formula is C13H22O. The van der Waals surface area contributed by atoms with Gasteiger partial charge in [0.15, 0.2) is 0 Å². The largest absolute Gasteiger partial charge is 0.303 e. The minimum absolute atomic E-state index is 0.380. The molecule has 0 aromatic heterocycles. The third-order valence-corrected chi connectivity index (χ3v) is 5.00. The molecule has 0 N–H and O–H groups in total. The lowest BCUT2D eigenvalue weighted by molar-refractivity contribution is -0.115. The molecule has 0 radical (unpaired) electrons. The number of rotatable bonds is 1. The molecular weight excluding hydrogens is 172 g/mol. The Balaban J connectivity index is 2.15. The topological polar surface area (TPSA) is 17.1 Å². The molecule has 1 nitrogen and oxygen atoms in total. The summed E-state index contributed by atoms with van der Waals surface area (Å²) < 4.78 is 0. The van der Waals surface area contributed by atoms with Gasteiger partial charge in [-0.25, -0.2) is 0 Å². The van der Waals surface area contributed by atoms with E-state index >= 15 is 0 Å². The zero-order valence-electron chi connectivity index (χ0n) is 9.46. The first-order chi connectivity index (χ1) is 6.69. The van der Waals surface area contributed by atoms with Crippen LogP contribution in [0.25, 0.3) is 0 Å². The van der Waals surface area contributed by atoms with Gasteiger partial charge in [-0.3, -0.25) is 0 Å². The Morgan fingerprint density at radius 3 is 2.29 bits per heavy atom. The molecule has 2 atom stereocenters. The molecule has 0 bridgehead atoms. The van der Waals surface area contributed by atoms with Crippen LogP contribution in [-0.2, 0) is 4.79 Å². The molecule has 0 aromatic carbocycles. The molecule has 14 heavy (non-hydrogen) atoms. The van der Waals surface area contributed by atoms with E-state index in [2.05, 4.69) is 13.8 Å². The minimum atomic E-state index is 0.380. The van der Waals surface area contributed by atoms with Crippen molar-refractivity contribution in [3.63, 3.8) is 0 Å². The van der Waals surface area contributed by atoms with Gasteiger partial charge in [0.05, 0.1) is 0 Å². The molecule has 1 spiro atoms. The van der Waals surface area contributed by atoms with Gasteiger partial charge in [-0.2, -0.15) is 0 Å². The molecule has 0 unspecified atom stereocenters. The van der Waals surface area contributed by atoms with Crippen LogP contribution in [0.15, 0.2) is 0 Å². The number of aldehydes is 1. The third-order valence-electron chi connectivity index (χ3n) is 5.00. The van der Waals surface area contributed by atoms with Crippen molar-refractivity contribution in [2.24, 2.45) is 23.2 Å². The zero-order chi connectivity index (χ0) is 10.2.